The van der Waals surface area contributed by atoms with E-state index < -0.39 is 5.63 Å². The largest absolute Gasteiger partial charge is 0.508 e. The third-order valence-electron chi connectivity index (χ3n) is 3.81. The van der Waals surface area contributed by atoms with Crippen molar-refractivity contribution in [3.8, 4) is 5.75 Å². The number of carbonyl (C=O) groups is 2. The van der Waals surface area contributed by atoms with Crippen molar-refractivity contribution < 1.29 is 19.1 Å². The minimum atomic E-state index is -0.417. The average Bonchev–Trinajstić information content (AvgIpc) is 2.66. The number of fused-ring (bicyclic) bond motifs is 1. The van der Waals surface area contributed by atoms with Gasteiger partial charge in [0.2, 0.25) is 0 Å². The van der Waals surface area contributed by atoms with Crippen molar-refractivity contribution in [2.45, 2.75) is 6.42 Å². The van der Waals surface area contributed by atoms with E-state index in [0.717, 1.165) is 16.5 Å². The number of ketones is 2. The number of allylic oxidation sites excluding steroid dienone is 2. The number of aromatic hydroxyl groups is 1. The van der Waals surface area contributed by atoms with E-state index in [1.807, 2.05) is 0 Å². The van der Waals surface area contributed by atoms with Crippen LogP contribution in [0.5, 0.6) is 5.75 Å². The second kappa shape index (κ2) is 8.10. The summed E-state index contributed by atoms with van der Waals surface area (Å²) >= 11 is 0. The van der Waals surface area contributed by atoms with Gasteiger partial charge in [0.05, 0.1) is 6.42 Å². The Morgan fingerprint density at radius 2 is 1.48 bits per heavy atom. The maximum Gasteiger partial charge on any atom is 0.336 e. The predicted octanol–water partition coefficient (Wildman–Crippen LogP) is 3.75. The molecule has 0 aliphatic rings. The first-order valence-electron chi connectivity index (χ1n) is 8.24. The van der Waals surface area contributed by atoms with E-state index in [4.69, 9.17) is 4.42 Å². The van der Waals surface area contributed by atoms with Crippen molar-refractivity contribution in [2.75, 3.05) is 0 Å². The van der Waals surface area contributed by atoms with Crippen LogP contribution in [0.15, 0.2) is 76.0 Å². The monoisotopic (exact) mass is 360 g/mol. The first-order chi connectivity index (χ1) is 13.0. The molecule has 0 aliphatic carbocycles. The van der Waals surface area contributed by atoms with Crippen LogP contribution in [0.3, 0.4) is 0 Å². The maximum atomic E-state index is 12.0. The molecule has 1 N–H and O–H groups in total. The number of benzene rings is 2. The lowest BCUT2D eigenvalue weighted by atomic mass is 10.1. The van der Waals surface area contributed by atoms with Crippen LogP contribution >= 0.6 is 0 Å². The molecule has 0 atom stereocenters. The van der Waals surface area contributed by atoms with Crippen molar-refractivity contribution in [2.24, 2.45) is 0 Å². The van der Waals surface area contributed by atoms with Gasteiger partial charge in [-0.05, 0) is 53.6 Å². The second-order valence-electron chi connectivity index (χ2n) is 5.92. The Balaban J connectivity index is 1.61. The zero-order valence-electron chi connectivity index (χ0n) is 14.3. The first-order valence-corrected chi connectivity index (χ1v) is 8.24. The van der Waals surface area contributed by atoms with Crippen molar-refractivity contribution >= 4 is 34.7 Å². The molecule has 5 nitrogen and oxygen atoms in total. The fourth-order valence-corrected chi connectivity index (χ4v) is 2.45. The number of hydrogen-bond donors (Lipinski definition) is 1. The van der Waals surface area contributed by atoms with Gasteiger partial charge in [-0.15, -0.1) is 0 Å². The highest BCUT2D eigenvalue weighted by molar-refractivity contribution is 6.10. The Hall–Kier alpha value is -3.73. The molecule has 0 aliphatic heterocycles. The van der Waals surface area contributed by atoms with Crippen molar-refractivity contribution in [1.82, 2.24) is 0 Å². The van der Waals surface area contributed by atoms with E-state index in [1.54, 1.807) is 48.6 Å². The summed E-state index contributed by atoms with van der Waals surface area (Å²) in [5.74, 6) is -0.470. The van der Waals surface area contributed by atoms with Crippen LogP contribution in [0.1, 0.15) is 17.5 Å². The number of carbonyl (C=O) groups excluding carboxylic acids is 2. The lowest BCUT2D eigenvalue weighted by Gasteiger charge is -1.98. The van der Waals surface area contributed by atoms with Crippen LogP contribution in [0, 0.1) is 0 Å². The van der Waals surface area contributed by atoms with Gasteiger partial charge in [0, 0.05) is 11.5 Å². The standard InChI is InChI=1S/C22H16O5/c23-18-7-1-15(2-8-18)3-9-19(24)14-20(25)10-4-16-5-11-21-17(13-16)6-12-22(26)27-21/h1-13,23H,14H2. The number of rotatable bonds is 6. The van der Waals surface area contributed by atoms with Crippen molar-refractivity contribution in [3.05, 3.63) is 88.3 Å². The molecule has 2 aromatic carbocycles. The molecule has 0 unspecified atom stereocenters. The van der Waals surface area contributed by atoms with Gasteiger partial charge in [0.15, 0.2) is 11.6 Å². The molecule has 0 amide bonds. The molecule has 0 radical (unpaired) electrons. The van der Waals surface area contributed by atoms with Gasteiger partial charge in [-0.1, -0.05) is 30.4 Å². The van der Waals surface area contributed by atoms with Crippen LogP contribution in [-0.4, -0.2) is 16.7 Å². The quantitative estimate of drug-likeness (QED) is 0.411. The predicted molar refractivity (Wildman–Crippen MR) is 103 cm³/mol. The molecule has 134 valence electrons. The average molecular weight is 360 g/mol. The van der Waals surface area contributed by atoms with Gasteiger partial charge < -0.3 is 9.52 Å². The van der Waals surface area contributed by atoms with Gasteiger partial charge in [-0.25, -0.2) is 4.79 Å². The highest BCUT2D eigenvalue weighted by atomic mass is 16.4. The van der Waals surface area contributed by atoms with E-state index >= 15 is 0 Å². The maximum absolute atomic E-state index is 12.0. The SMILES string of the molecule is O=C(C=Cc1ccc(O)cc1)CC(=O)C=Cc1ccc2oc(=O)ccc2c1. The van der Waals surface area contributed by atoms with Crippen molar-refractivity contribution in [1.29, 1.82) is 0 Å². The van der Waals surface area contributed by atoms with Crippen LogP contribution in [-0.2, 0) is 9.59 Å². The normalized spacial score (nSPS) is 11.4. The Kier molecular flexibility index (Phi) is 5.42. The molecule has 0 saturated carbocycles. The smallest absolute Gasteiger partial charge is 0.336 e. The number of hydrogen-bond acceptors (Lipinski definition) is 5. The van der Waals surface area contributed by atoms with E-state index in [-0.39, 0.29) is 23.7 Å². The van der Waals surface area contributed by atoms with Gasteiger partial charge in [0.1, 0.15) is 11.3 Å². The summed E-state index contributed by atoms with van der Waals surface area (Å²) in [5.41, 5.74) is 1.57. The summed E-state index contributed by atoms with van der Waals surface area (Å²) in [4.78, 5) is 35.0. The van der Waals surface area contributed by atoms with Gasteiger partial charge in [-0.2, -0.15) is 0 Å². The Morgan fingerprint density at radius 3 is 2.19 bits per heavy atom. The highest BCUT2D eigenvalue weighted by Crippen LogP contribution is 2.15. The molecule has 1 aromatic heterocycles. The van der Waals surface area contributed by atoms with E-state index in [0.29, 0.717) is 5.58 Å². The van der Waals surface area contributed by atoms with Crippen LogP contribution in [0.25, 0.3) is 23.1 Å². The third kappa shape index (κ3) is 5.12. The summed E-state index contributed by atoms with van der Waals surface area (Å²) in [7, 11) is 0. The highest BCUT2D eigenvalue weighted by Gasteiger charge is 2.04. The van der Waals surface area contributed by atoms with Crippen LogP contribution in [0.4, 0.5) is 0 Å². The molecule has 0 saturated heterocycles. The lowest BCUT2D eigenvalue weighted by Crippen LogP contribution is -2.01. The van der Waals surface area contributed by atoms with Crippen molar-refractivity contribution in [3.63, 3.8) is 0 Å². The molecule has 1 heterocycles. The molecule has 27 heavy (non-hydrogen) atoms. The van der Waals surface area contributed by atoms with Crippen LogP contribution < -0.4 is 5.63 Å². The summed E-state index contributed by atoms with van der Waals surface area (Å²) in [6.45, 7) is 0. The zero-order valence-corrected chi connectivity index (χ0v) is 14.3. The third-order valence-corrected chi connectivity index (χ3v) is 3.81. The minimum absolute atomic E-state index is 0.148. The van der Waals surface area contributed by atoms with Gasteiger partial charge >= 0.3 is 5.63 Å². The van der Waals surface area contributed by atoms with E-state index in [1.165, 1.54) is 30.4 Å². The Labute approximate surface area is 154 Å². The Bertz CT molecular complexity index is 1100. The summed E-state index contributed by atoms with van der Waals surface area (Å²) < 4.78 is 5.05. The lowest BCUT2D eigenvalue weighted by molar-refractivity contribution is -0.121. The fourth-order valence-electron chi connectivity index (χ4n) is 2.45. The number of phenols is 1. The van der Waals surface area contributed by atoms with Gasteiger partial charge in [0.25, 0.3) is 0 Å². The molecule has 3 rings (SSSR count). The van der Waals surface area contributed by atoms with E-state index in [2.05, 4.69) is 0 Å². The zero-order chi connectivity index (χ0) is 19.2. The molecule has 3 aromatic rings. The Morgan fingerprint density at radius 1 is 0.852 bits per heavy atom. The minimum Gasteiger partial charge on any atom is -0.508 e. The molecule has 0 spiro atoms. The molecular formula is C22H16O5. The molecular weight excluding hydrogens is 344 g/mol. The molecule has 5 heteroatoms. The number of phenolic OH excluding ortho intramolecular Hbond substituents is 1. The van der Waals surface area contributed by atoms with Gasteiger partial charge in [-0.3, -0.25) is 9.59 Å². The van der Waals surface area contributed by atoms with Crippen LogP contribution in [0.2, 0.25) is 0 Å². The van der Waals surface area contributed by atoms with E-state index in [9.17, 15) is 19.5 Å². The summed E-state index contributed by atoms with van der Waals surface area (Å²) in [6.07, 6.45) is 5.68. The topological polar surface area (TPSA) is 84.6 Å². The molecule has 0 bridgehead atoms. The molecule has 0 fully saturated rings. The summed E-state index contributed by atoms with van der Waals surface area (Å²) in [6, 6.07) is 14.5. The second-order valence-corrected chi connectivity index (χ2v) is 5.92. The first kappa shape index (κ1) is 18.1. The summed E-state index contributed by atoms with van der Waals surface area (Å²) in [5, 5.41) is 9.96. The fraction of sp³-hybridized carbons (Fsp3) is 0.0455.